The molecular formula is C16H28N2O4S. The summed E-state index contributed by atoms with van der Waals surface area (Å²) < 4.78 is 28.6. The van der Waals surface area contributed by atoms with Crippen LogP contribution >= 0.6 is 0 Å². The first-order valence-electron chi connectivity index (χ1n) is 8.82. The van der Waals surface area contributed by atoms with Crippen LogP contribution in [0.2, 0.25) is 0 Å². The topological polar surface area (TPSA) is 75.7 Å². The van der Waals surface area contributed by atoms with Crippen LogP contribution in [0.3, 0.4) is 0 Å². The quantitative estimate of drug-likeness (QED) is 0.807. The minimum absolute atomic E-state index is 0.0172. The zero-order valence-corrected chi connectivity index (χ0v) is 14.6. The van der Waals surface area contributed by atoms with Crippen molar-refractivity contribution in [1.82, 2.24) is 10.2 Å². The van der Waals surface area contributed by atoms with Crippen molar-refractivity contribution in [2.75, 3.05) is 44.4 Å². The number of hydrogen-bond donors (Lipinski definition) is 1. The van der Waals surface area contributed by atoms with Gasteiger partial charge in [-0.1, -0.05) is 19.3 Å². The Hall–Kier alpha value is -0.660. The van der Waals surface area contributed by atoms with E-state index in [-0.39, 0.29) is 28.9 Å². The molecule has 0 aromatic heterocycles. The van der Waals surface area contributed by atoms with Crippen molar-refractivity contribution in [3.63, 3.8) is 0 Å². The first kappa shape index (κ1) is 17.2. The van der Waals surface area contributed by atoms with Gasteiger partial charge in [-0.3, -0.25) is 9.69 Å². The Labute approximate surface area is 138 Å². The summed E-state index contributed by atoms with van der Waals surface area (Å²) in [6.45, 7) is 4.01. The molecular weight excluding hydrogens is 316 g/mol. The van der Waals surface area contributed by atoms with Crippen LogP contribution in [0.1, 0.15) is 38.5 Å². The van der Waals surface area contributed by atoms with Crippen molar-refractivity contribution in [2.24, 2.45) is 5.92 Å². The van der Waals surface area contributed by atoms with E-state index < -0.39 is 9.84 Å². The van der Waals surface area contributed by atoms with Gasteiger partial charge < -0.3 is 10.1 Å². The van der Waals surface area contributed by atoms with E-state index in [1.165, 1.54) is 19.3 Å². The van der Waals surface area contributed by atoms with Crippen molar-refractivity contribution in [3.05, 3.63) is 0 Å². The monoisotopic (exact) mass is 344 g/mol. The lowest BCUT2D eigenvalue weighted by Gasteiger charge is -2.48. The van der Waals surface area contributed by atoms with E-state index in [1.54, 1.807) is 0 Å². The molecule has 1 atom stereocenters. The van der Waals surface area contributed by atoms with Crippen LogP contribution in [0.4, 0.5) is 0 Å². The van der Waals surface area contributed by atoms with Gasteiger partial charge in [0.15, 0.2) is 9.84 Å². The summed E-state index contributed by atoms with van der Waals surface area (Å²) in [4.78, 5) is 14.9. The second-order valence-corrected chi connectivity index (χ2v) is 9.43. The maximum atomic E-state index is 12.4. The Kier molecular flexibility index (Phi) is 5.28. The van der Waals surface area contributed by atoms with Crippen LogP contribution in [0.5, 0.6) is 0 Å². The molecule has 1 saturated carbocycles. The highest BCUT2D eigenvalue weighted by Crippen LogP contribution is 2.34. The lowest BCUT2D eigenvalue weighted by Crippen LogP contribution is -2.60. The molecule has 0 spiro atoms. The third kappa shape index (κ3) is 4.06. The summed E-state index contributed by atoms with van der Waals surface area (Å²) in [5.41, 5.74) is 0.0369. The number of morpholine rings is 1. The number of ether oxygens (including phenoxy) is 1. The molecule has 1 N–H and O–H groups in total. The highest BCUT2D eigenvalue weighted by molar-refractivity contribution is 7.91. The van der Waals surface area contributed by atoms with Gasteiger partial charge in [-0.05, 0) is 19.3 Å². The fourth-order valence-electron chi connectivity index (χ4n) is 4.25. The molecule has 0 aromatic carbocycles. The maximum Gasteiger partial charge on any atom is 0.224 e. The Morgan fingerprint density at radius 3 is 2.48 bits per heavy atom. The molecule has 0 radical (unpaired) electrons. The largest absolute Gasteiger partial charge is 0.379 e. The molecule has 0 aromatic rings. The smallest absolute Gasteiger partial charge is 0.224 e. The molecule has 1 unspecified atom stereocenters. The van der Waals surface area contributed by atoms with Crippen LogP contribution < -0.4 is 5.32 Å². The van der Waals surface area contributed by atoms with E-state index in [0.29, 0.717) is 13.0 Å². The van der Waals surface area contributed by atoms with E-state index in [0.717, 1.165) is 39.1 Å². The third-order valence-electron chi connectivity index (χ3n) is 5.66. The molecule has 23 heavy (non-hydrogen) atoms. The van der Waals surface area contributed by atoms with E-state index in [1.807, 2.05) is 0 Å². The van der Waals surface area contributed by atoms with Crippen LogP contribution in [0.25, 0.3) is 0 Å². The Morgan fingerprint density at radius 1 is 1.17 bits per heavy atom. The number of carbonyl (C=O) groups excluding carboxylic acids is 1. The average Bonchev–Trinajstić information content (AvgIpc) is 2.94. The zero-order chi connectivity index (χ0) is 16.3. The lowest BCUT2D eigenvalue weighted by molar-refractivity contribution is -0.125. The normalized spacial score (nSPS) is 30.9. The van der Waals surface area contributed by atoms with Crippen molar-refractivity contribution in [1.29, 1.82) is 0 Å². The number of amides is 1. The molecule has 132 valence electrons. The summed E-state index contributed by atoms with van der Waals surface area (Å²) >= 11 is 0. The van der Waals surface area contributed by atoms with E-state index in [9.17, 15) is 13.2 Å². The van der Waals surface area contributed by atoms with E-state index in [2.05, 4.69) is 10.2 Å². The van der Waals surface area contributed by atoms with Crippen molar-refractivity contribution in [3.8, 4) is 0 Å². The Bertz CT molecular complexity index is 522. The van der Waals surface area contributed by atoms with Crippen LogP contribution in [0, 0.1) is 5.92 Å². The van der Waals surface area contributed by atoms with E-state index >= 15 is 0 Å². The van der Waals surface area contributed by atoms with Crippen LogP contribution in [-0.2, 0) is 19.4 Å². The highest BCUT2D eigenvalue weighted by atomic mass is 32.2. The number of carbonyl (C=O) groups is 1. The predicted octanol–water partition coefficient (Wildman–Crippen LogP) is 0.572. The minimum Gasteiger partial charge on any atom is -0.379 e. The van der Waals surface area contributed by atoms with Crippen molar-refractivity contribution < 1.29 is 17.9 Å². The summed E-state index contributed by atoms with van der Waals surface area (Å²) in [7, 11) is -3.01. The molecule has 1 aliphatic carbocycles. The van der Waals surface area contributed by atoms with Crippen LogP contribution in [-0.4, -0.2) is 69.1 Å². The SMILES string of the molecule is O=C(NCC1(N2CCOCC2)CCCCC1)C1CCS(=O)(=O)C1. The van der Waals surface area contributed by atoms with Gasteiger partial charge >= 0.3 is 0 Å². The van der Waals surface area contributed by atoms with Gasteiger partial charge in [0, 0.05) is 25.2 Å². The second kappa shape index (κ2) is 7.07. The highest BCUT2D eigenvalue weighted by Gasteiger charge is 2.40. The Balaban J connectivity index is 1.61. The summed E-state index contributed by atoms with van der Waals surface area (Å²) in [6.07, 6.45) is 6.35. The molecule has 3 rings (SSSR count). The van der Waals surface area contributed by atoms with Crippen molar-refractivity contribution >= 4 is 15.7 Å². The summed E-state index contributed by atoms with van der Waals surface area (Å²) in [6, 6.07) is 0. The van der Waals surface area contributed by atoms with Gasteiger partial charge in [-0.2, -0.15) is 0 Å². The molecule has 3 aliphatic rings. The third-order valence-corrected chi connectivity index (χ3v) is 7.43. The first-order chi connectivity index (χ1) is 11.0. The number of sulfone groups is 1. The van der Waals surface area contributed by atoms with E-state index in [4.69, 9.17) is 4.74 Å². The molecule has 7 heteroatoms. The van der Waals surface area contributed by atoms with Gasteiger partial charge in [0.2, 0.25) is 5.91 Å². The predicted molar refractivity (Wildman–Crippen MR) is 88.0 cm³/mol. The summed E-state index contributed by atoms with van der Waals surface area (Å²) in [5.74, 6) is -0.266. The minimum atomic E-state index is -3.01. The van der Waals surface area contributed by atoms with Gasteiger partial charge in [-0.15, -0.1) is 0 Å². The Morgan fingerprint density at radius 2 is 1.87 bits per heavy atom. The lowest BCUT2D eigenvalue weighted by atomic mass is 9.79. The molecule has 6 nitrogen and oxygen atoms in total. The number of rotatable bonds is 4. The number of hydrogen-bond acceptors (Lipinski definition) is 5. The van der Waals surface area contributed by atoms with Crippen molar-refractivity contribution in [2.45, 2.75) is 44.1 Å². The average molecular weight is 344 g/mol. The van der Waals surface area contributed by atoms with Gasteiger partial charge in [0.25, 0.3) is 0 Å². The molecule has 3 fully saturated rings. The van der Waals surface area contributed by atoms with Gasteiger partial charge in [-0.25, -0.2) is 8.42 Å². The molecule has 2 saturated heterocycles. The molecule has 0 bridgehead atoms. The molecule has 1 amide bonds. The molecule has 2 aliphatic heterocycles. The maximum absolute atomic E-state index is 12.4. The second-order valence-electron chi connectivity index (χ2n) is 7.20. The van der Waals surface area contributed by atoms with Crippen LogP contribution in [0.15, 0.2) is 0 Å². The fourth-order valence-corrected chi connectivity index (χ4v) is 5.99. The first-order valence-corrected chi connectivity index (χ1v) is 10.6. The molecule has 2 heterocycles. The van der Waals surface area contributed by atoms with Gasteiger partial charge in [0.05, 0.1) is 30.6 Å². The summed E-state index contributed by atoms with van der Waals surface area (Å²) in [5, 5.41) is 3.08. The fraction of sp³-hybridized carbons (Fsp3) is 0.938. The van der Waals surface area contributed by atoms with Gasteiger partial charge in [0.1, 0.15) is 0 Å². The standard InChI is InChI=1S/C16H28N2O4S/c19-15(14-4-11-23(20,21)12-14)17-13-16(5-2-1-3-6-16)18-7-9-22-10-8-18/h14H,1-13H2,(H,17,19). The number of nitrogens with zero attached hydrogens (tertiary/aromatic N) is 1. The zero-order valence-electron chi connectivity index (χ0n) is 13.8. The number of nitrogens with one attached hydrogen (secondary N) is 1.